The van der Waals surface area contributed by atoms with Gasteiger partial charge in [-0.1, -0.05) is 12.1 Å². The summed E-state index contributed by atoms with van der Waals surface area (Å²) in [6.45, 7) is 0.606. The third-order valence-corrected chi connectivity index (χ3v) is 3.57. The van der Waals surface area contributed by atoms with Crippen LogP contribution in [0.5, 0.6) is 17.5 Å². The summed E-state index contributed by atoms with van der Waals surface area (Å²) in [4.78, 5) is 30.7. The van der Waals surface area contributed by atoms with Crippen LogP contribution in [0.2, 0.25) is 0 Å². The quantitative estimate of drug-likeness (QED) is 0.602. The van der Waals surface area contributed by atoms with Crippen molar-refractivity contribution in [3.63, 3.8) is 0 Å². The summed E-state index contributed by atoms with van der Waals surface area (Å²) < 4.78 is 15.7. The van der Waals surface area contributed by atoms with Crippen molar-refractivity contribution >= 4 is 11.9 Å². The molecule has 9 nitrogen and oxygen atoms in total. The molecule has 0 unspecified atom stereocenters. The first-order valence-electron chi connectivity index (χ1n) is 8.20. The zero-order chi connectivity index (χ0) is 19.6. The van der Waals surface area contributed by atoms with E-state index in [0.29, 0.717) is 18.8 Å². The van der Waals surface area contributed by atoms with Gasteiger partial charge in [0.15, 0.2) is 5.56 Å². The maximum absolute atomic E-state index is 12.5. The van der Waals surface area contributed by atoms with Gasteiger partial charge in [-0.3, -0.25) is 9.59 Å². The largest absolute Gasteiger partial charge is 0.494 e. The predicted octanol–water partition coefficient (Wildman–Crippen LogP) is 1.67. The molecule has 9 heteroatoms. The van der Waals surface area contributed by atoms with E-state index >= 15 is 0 Å². The molecule has 1 aromatic carbocycles. The molecule has 1 amide bonds. The molecule has 27 heavy (non-hydrogen) atoms. The number of hydrogen-bond donors (Lipinski definition) is 2. The Kier molecular flexibility index (Phi) is 7.36. The van der Waals surface area contributed by atoms with Gasteiger partial charge in [-0.15, -0.1) is 0 Å². The number of hydrogen-bond acceptors (Lipinski definition) is 7. The van der Waals surface area contributed by atoms with Gasteiger partial charge in [0, 0.05) is 13.0 Å². The number of rotatable bonds is 10. The van der Waals surface area contributed by atoms with Crippen molar-refractivity contribution in [3.05, 3.63) is 41.7 Å². The van der Waals surface area contributed by atoms with Crippen LogP contribution in [-0.4, -0.2) is 47.8 Å². The average molecular weight is 375 g/mol. The van der Waals surface area contributed by atoms with Crippen LogP contribution in [0.25, 0.3) is 0 Å². The molecule has 144 valence electrons. The fourth-order valence-electron chi connectivity index (χ4n) is 2.25. The molecule has 0 aliphatic rings. The molecular weight excluding hydrogens is 354 g/mol. The second kappa shape index (κ2) is 9.95. The van der Waals surface area contributed by atoms with Crippen LogP contribution in [0.1, 0.15) is 28.8 Å². The van der Waals surface area contributed by atoms with E-state index in [4.69, 9.17) is 19.3 Å². The van der Waals surface area contributed by atoms with Gasteiger partial charge < -0.3 is 24.6 Å². The lowest BCUT2D eigenvalue weighted by atomic mass is 10.2. The number of carbonyl (C=O) groups is 2. The normalized spacial score (nSPS) is 10.1. The van der Waals surface area contributed by atoms with Gasteiger partial charge in [0.25, 0.3) is 5.91 Å². The second-order valence-corrected chi connectivity index (χ2v) is 5.44. The Bertz CT molecular complexity index is 757. The van der Waals surface area contributed by atoms with Gasteiger partial charge in [-0.05, 0) is 24.1 Å². The van der Waals surface area contributed by atoms with Crippen LogP contribution in [0, 0.1) is 0 Å². The summed E-state index contributed by atoms with van der Waals surface area (Å²) in [5, 5.41) is 11.3. The monoisotopic (exact) mass is 375 g/mol. The first kappa shape index (κ1) is 20.0. The number of aromatic nitrogens is 2. The highest BCUT2D eigenvalue weighted by molar-refractivity contribution is 5.98. The van der Waals surface area contributed by atoms with Crippen molar-refractivity contribution in [2.45, 2.75) is 19.4 Å². The Labute approximate surface area is 156 Å². The smallest absolute Gasteiger partial charge is 0.303 e. The third kappa shape index (κ3) is 5.84. The lowest BCUT2D eigenvalue weighted by Crippen LogP contribution is -2.24. The van der Waals surface area contributed by atoms with Crippen LogP contribution in [0.4, 0.5) is 0 Å². The van der Waals surface area contributed by atoms with Crippen LogP contribution in [0.15, 0.2) is 30.6 Å². The predicted molar refractivity (Wildman–Crippen MR) is 95.1 cm³/mol. The summed E-state index contributed by atoms with van der Waals surface area (Å²) in [6.07, 6.45) is 1.76. The first-order valence-corrected chi connectivity index (χ1v) is 8.20. The van der Waals surface area contributed by atoms with E-state index in [0.717, 1.165) is 5.56 Å². The summed E-state index contributed by atoms with van der Waals surface area (Å²) >= 11 is 0. The number of amides is 1. The minimum atomic E-state index is -0.846. The van der Waals surface area contributed by atoms with E-state index in [1.807, 2.05) is 12.1 Å². The van der Waals surface area contributed by atoms with Gasteiger partial charge in [-0.25, -0.2) is 9.97 Å². The zero-order valence-corrected chi connectivity index (χ0v) is 15.1. The van der Waals surface area contributed by atoms with E-state index in [1.54, 1.807) is 12.1 Å². The minimum Gasteiger partial charge on any atom is -0.494 e. The number of carboxylic acid groups (broad SMARTS) is 1. The van der Waals surface area contributed by atoms with Crippen molar-refractivity contribution in [2.75, 3.05) is 20.8 Å². The molecular formula is C18H21N3O6. The number of benzene rings is 1. The highest BCUT2D eigenvalue weighted by Crippen LogP contribution is 2.23. The van der Waals surface area contributed by atoms with Gasteiger partial charge in [-0.2, -0.15) is 0 Å². The fraction of sp³-hybridized carbons (Fsp3) is 0.333. The summed E-state index contributed by atoms with van der Waals surface area (Å²) in [7, 11) is 2.82. The lowest BCUT2D eigenvalue weighted by molar-refractivity contribution is -0.137. The molecule has 2 N–H and O–H groups in total. The number of nitrogens with one attached hydrogen (secondary N) is 1. The third-order valence-electron chi connectivity index (χ3n) is 3.57. The van der Waals surface area contributed by atoms with Crippen molar-refractivity contribution in [1.29, 1.82) is 0 Å². The van der Waals surface area contributed by atoms with E-state index in [1.165, 1.54) is 20.5 Å². The van der Waals surface area contributed by atoms with Gasteiger partial charge in [0.1, 0.15) is 12.1 Å². The molecule has 0 saturated heterocycles. The Hall–Kier alpha value is -3.36. The topological polar surface area (TPSA) is 120 Å². The summed E-state index contributed by atoms with van der Waals surface area (Å²) in [5.41, 5.74) is 0.983. The van der Waals surface area contributed by atoms with Crippen LogP contribution in [-0.2, 0) is 11.3 Å². The molecule has 0 aliphatic heterocycles. The number of aliphatic carboxylic acids is 1. The van der Waals surface area contributed by atoms with Crippen molar-refractivity contribution in [1.82, 2.24) is 15.3 Å². The Morgan fingerprint density at radius 2 is 1.70 bits per heavy atom. The molecule has 0 radical (unpaired) electrons. The molecule has 2 aromatic rings. The maximum Gasteiger partial charge on any atom is 0.303 e. The zero-order valence-electron chi connectivity index (χ0n) is 15.1. The maximum atomic E-state index is 12.5. The number of carbonyl (C=O) groups excluding carboxylic acids is 1. The first-order chi connectivity index (χ1) is 13.0. The van der Waals surface area contributed by atoms with E-state index in [-0.39, 0.29) is 30.3 Å². The fourth-order valence-corrected chi connectivity index (χ4v) is 2.25. The molecule has 2 rings (SSSR count). The van der Waals surface area contributed by atoms with Crippen LogP contribution in [0.3, 0.4) is 0 Å². The lowest BCUT2D eigenvalue weighted by Gasteiger charge is -2.11. The molecule has 0 aliphatic carbocycles. The average Bonchev–Trinajstić information content (AvgIpc) is 2.69. The van der Waals surface area contributed by atoms with Crippen molar-refractivity contribution in [3.8, 4) is 17.5 Å². The Morgan fingerprint density at radius 3 is 2.26 bits per heavy atom. The van der Waals surface area contributed by atoms with Gasteiger partial charge in [0.05, 0.1) is 20.8 Å². The molecule has 0 spiro atoms. The molecule has 0 fully saturated rings. The molecule has 1 heterocycles. The van der Waals surface area contributed by atoms with Crippen molar-refractivity contribution in [2.24, 2.45) is 0 Å². The number of ether oxygens (including phenoxy) is 3. The van der Waals surface area contributed by atoms with Crippen LogP contribution >= 0.6 is 0 Å². The van der Waals surface area contributed by atoms with Crippen LogP contribution < -0.4 is 19.5 Å². The van der Waals surface area contributed by atoms with Gasteiger partial charge in [0.2, 0.25) is 11.8 Å². The van der Waals surface area contributed by atoms with E-state index in [9.17, 15) is 9.59 Å². The Balaban J connectivity index is 1.91. The highest BCUT2D eigenvalue weighted by atomic mass is 16.5. The second-order valence-electron chi connectivity index (χ2n) is 5.44. The Morgan fingerprint density at radius 1 is 1.07 bits per heavy atom. The molecule has 0 bridgehead atoms. The minimum absolute atomic E-state index is 0.0697. The summed E-state index contributed by atoms with van der Waals surface area (Å²) in [5.74, 6) is -0.371. The van der Waals surface area contributed by atoms with Crippen molar-refractivity contribution < 1.29 is 28.9 Å². The number of carboxylic acids is 1. The highest BCUT2D eigenvalue weighted by Gasteiger charge is 2.20. The SMILES string of the molecule is COc1ncnc(OC)c1C(=O)NCc1ccc(OCCCC(=O)O)cc1. The molecule has 0 saturated carbocycles. The summed E-state index contributed by atoms with van der Waals surface area (Å²) in [6, 6.07) is 7.13. The van der Waals surface area contributed by atoms with E-state index in [2.05, 4.69) is 15.3 Å². The number of methoxy groups -OCH3 is 2. The van der Waals surface area contributed by atoms with E-state index < -0.39 is 11.9 Å². The molecule has 1 aromatic heterocycles. The number of nitrogens with zero attached hydrogens (tertiary/aromatic N) is 2. The standard InChI is InChI=1S/C18H21N3O6/c1-25-17-15(18(26-2)21-11-20-17)16(24)19-10-12-5-7-13(8-6-12)27-9-3-4-14(22)23/h5-8,11H,3-4,9-10H2,1-2H3,(H,19,24)(H,22,23). The molecule has 0 atom stereocenters. The van der Waals surface area contributed by atoms with Gasteiger partial charge >= 0.3 is 5.97 Å².